The average molecular weight is 300 g/mol. The van der Waals surface area contributed by atoms with Crippen LogP contribution in [-0.2, 0) is 11.4 Å². The fourth-order valence-electron chi connectivity index (χ4n) is 1.78. The smallest absolute Gasteiger partial charge is 0.271 e. The van der Waals surface area contributed by atoms with Crippen molar-refractivity contribution in [2.24, 2.45) is 4.99 Å². The fraction of sp³-hybridized carbons (Fsp3) is 0.133. The van der Waals surface area contributed by atoms with E-state index < -0.39 is 4.92 Å². The molecule has 0 radical (unpaired) electrons. The number of anilines is 1. The number of hydrogen-bond donors (Lipinski definition) is 2. The van der Waals surface area contributed by atoms with E-state index in [2.05, 4.69) is 15.8 Å². The number of benzene rings is 2. The SMILES string of the molecule is CONC(=NCc1ccccc1)Nc1cccc([N+](=O)[O-])c1. The van der Waals surface area contributed by atoms with Gasteiger partial charge in [0.05, 0.1) is 18.6 Å². The average Bonchev–Trinajstić information content (AvgIpc) is 2.54. The van der Waals surface area contributed by atoms with Gasteiger partial charge in [0.25, 0.3) is 5.69 Å². The highest BCUT2D eigenvalue weighted by atomic mass is 16.6. The van der Waals surface area contributed by atoms with Crippen LogP contribution in [0.15, 0.2) is 59.6 Å². The molecule has 2 aromatic carbocycles. The quantitative estimate of drug-likeness (QED) is 0.383. The number of nitro benzene ring substituents is 1. The second-order valence-electron chi connectivity index (χ2n) is 4.39. The van der Waals surface area contributed by atoms with Crippen LogP contribution in [0, 0.1) is 10.1 Å². The largest absolute Gasteiger partial charge is 0.324 e. The minimum Gasteiger partial charge on any atom is -0.324 e. The summed E-state index contributed by atoms with van der Waals surface area (Å²) in [6, 6.07) is 15.9. The van der Waals surface area contributed by atoms with Gasteiger partial charge in [0.15, 0.2) is 0 Å². The molecule has 0 saturated heterocycles. The Labute approximate surface area is 127 Å². The lowest BCUT2D eigenvalue weighted by Gasteiger charge is -2.10. The molecule has 0 fully saturated rings. The van der Waals surface area contributed by atoms with Gasteiger partial charge in [-0.05, 0) is 11.6 Å². The topological polar surface area (TPSA) is 88.8 Å². The first-order valence-corrected chi connectivity index (χ1v) is 6.58. The maximum absolute atomic E-state index is 10.8. The van der Waals surface area contributed by atoms with E-state index >= 15 is 0 Å². The lowest BCUT2D eigenvalue weighted by atomic mass is 10.2. The third-order valence-electron chi connectivity index (χ3n) is 2.78. The van der Waals surface area contributed by atoms with E-state index in [0.717, 1.165) is 5.56 Å². The highest BCUT2D eigenvalue weighted by molar-refractivity contribution is 5.93. The summed E-state index contributed by atoms with van der Waals surface area (Å²) in [7, 11) is 1.47. The van der Waals surface area contributed by atoms with Gasteiger partial charge in [-0.15, -0.1) is 0 Å². The molecular formula is C15H16N4O3. The van der Waals surface area contributed by atoms with Crippen LogP contribution < -0.4 is 10.8 Å². The number of nitrogens with one attached hydrogen (secondary N) is 2. The normalized spacial score (nSPS) is 11.0. The molecule has 2 rings (SSSR count). The minimum absolute atomic E-state index is 0.00447. The summed E-state index contributed by atoms with van der Waals surface area (Å²) in [5.41, 5.74) is 4.21. The second kappa shape index (κ2) is 7.75. The van der Waals surface area contributed by atoms with Gasteiger partial charge in [-0.1, -0.05) is 36.4 Å². The Bertz CT molecular complexity index is 659. The predicted molar refractivity (Wildman–Crippen MR) is 84.4 cm³/mol. The molecule has 22 heavy (non-hydrogen) atoms. The number of non-ortho nitro benzene ring substituents is 1. The number of rotatable bonds is 5. The standard InChI is InChI=1S/C15H16N4O3/c1-22-18-15(16-11-12-6-3-2-4-7-12)17-13-8-5-9-14(10-13)19(20)21/h2-10H,11H2,1H3,(H2,16,17,18). The predicted octanol–water partition coefficient (Wildman–Crippen LogP) is 2.71. The number of nitro groups is 1. The molecule has 0 heterocycles. The molecule has 0 saturated carbocycles. The van der Waals surface area contributed by atoms with E-state index in [1.54, 1.807) is 12.1 Å². The number of hydrogen-bond acceptors (Lipinski definition) is 4. The van der Waals surface area contributed by atoms with Crippen molar-refractivity contribution >= 4 is 17.3 Å². The first-order valence-electron chi connectivity index (χ1n) is 6.58. The Balaban J connectivity index is 2.11. The molecule has 7 nitrogen and oxygen atoms in total. The second-order valence-corrected chi connectivity index (χ2v) is 4.39. The van der Waals surface area contributed by atoms with Gasteiger partial charge >= 0.3 is 0 Å². The zero-order valence-corrected chi connectivity index (χ0v) is 12.0. The van der Waals surface area contributed by atoms with Crippen molar-refractivity contribution in [3.05, 3.63) is 70.3 Å². The van der Waals surface area contributed by atoms with Gasteiger partial charge in [-0.2, -0.15) is 0 Å². The Kier molecular flexibility index (Phi) is 5.44. The molecular weight excluding hydrogens is 284 g/mol. The van der Waals surface area contributed by atoms with E-state index in [0.29, 0.717) is 18.2 Å². The van der Waals surface area contributed by atoms with E-state index in [9.17, 15) is 10.1 Å². The summed E-state index contributed by atoms with van der Waals surface area (Å²) >= 11 is 0. The van der Waals surface area contributed by atoms with Gasteiger partial charge in [-0.25, -0.2) is 10.5 Å². The molecule has 7 heteroatoms. The van der Waals surface area contributed by atoms with Crippen molar-refractivity contribution in [1.29, 1.82) is 0 Å². The zero-order chi connectivity index (χ0) is 15.8. The van der Waals surface area contributed by atoms with Crippen LogP contribution in [-0.4, -0.2) is 18.0 Å². The molecule has 0 amide bonds. The third-order valence-corrected chi connectivity index (χ3v) is 2.78. The number of aliphatic imine (C=N–C) groups is 1. The lowest BCUT2D eigenvalue weighted by molar-refractivity contribution is -0.384. The summed E-state index contributed by atoms with van der Waals surface area (Å²) in [6.45, 7) is 0.453. The maximum Gasteiger partial charge on any atom is 0.271 e. The molecule has 2 N–H and O–H groups in total. The maximum atomic E-state index is 10.8. The van der Waals surface area contributed by atoms with E-state index in [1.165, 1.54) is 19.2 Å². The fourth-order valence-corrected chi connectivity index (χ4v) is 1.78. The Hall–Kier alpha value is -2.93. The Morgan fingerprint density at radius 1 is 1.23 bits per heavy atom. The lowest BCUT2D eigenvalue weighted by Crippen LogP contribution is -2.29. The van der Waals surface area contributed by atoms with Crippen LogP contribution in [0.25, 0.3) is 0 Å². The number of guanidine groups is 1. The third kappa shape index (κ3) is 4.57. The highest BCUT2D eigenvalue weighted by Gasteiger charge is 2.07. The van der Waals surface area contributed by atoms with Crippen molar-refractivity contribution in [2.75, 3.05) is 12.4 Å². The highest BCUT2D eigenvalue weighted by Crippen LogP contribution is 2.16. The molecule has 2 aromatic rings. The first kappa shape index (κ1) is 15.5. The van der Waals surface area contributed by atoms with E-state index in [4.69, 9.17) is 4.84 Å². The molecule has 0 unspecified atom stereocenters. The Morgan fingerprint density at radius 2 is 2.00 bits per heavy atom. The summed E-state index contributed by atoms with van der Waals surface area (Å²) in [5, 5.41) is 13.7. The molecule has 0 aliphatic carbocycles. The van der Waals surface area contributed by atoms with Crippen molar-refractivity contribution in [3.8, 4) is 0 Å². The van der Waals surface area contributed by atoms with Gasteiger partial charge in [0, 0.05) is 17.8 Å². The van der Waals surface area contributed by atoms with Crippen LogP contribution in [0.2, 0.25) is 0 Å². The molecule has 114 valence electrons. The van der Waals surface area contributed by atoms with Gasteiger partial charge in [0.1, 0.15) is 0 Å². The minimum atomic E-state index is -0.449. The van der Waals surface area contributed by atoms with Crippen molar-refractivity contribution in [2.45, 2.75) is 6.54 Å². The molecule has 0 bridgehead atoms. The molecule has 0 aromatic heterocycles. The van der Waals surface area contributed by atoms with Crippen LogP contribution in [0.5, 0.6) is 0 Å². The van der Waals surface area contributed by atoms with Crippen LogP contribution in [0.1, 0.15) is 5.56 Å². The van der Waals surface area contributed by atoms with Crippen LogP contribution in [0.3, 0.4) is 0 Å². The summed E-state index contributed by atoms with van der Waals surface area (Å²) < 4.78 is 0. The van der Waals surface area contributed by atoms with Crippen molar-refractivity contribution in [1.82, 2.24) is 5.48 Å². The van der Waals surface area contributed by atoms with Crippen molar-refractivity contribution < 1.29 is 9.76 Å². The van der Waals surface area contributed by atoms with Gasteiger partial charge in [-0.3, -0.25) is 15.0 Å². The number of nitrogens with zero attached hydrogens (tertiary/aromatic N) is 2. The van der Waals surface area contributed by atoms with Crippen LogP contribution in [0.4, 0.5) is 11.4 Å². The summed E-state index contributed by atoms with van der Waals surface area (Å²) in [5.74, 6) is 0.367. The molecule has 0 aliphatic heterocycles. The number of hydroxylamine groups is 1. The zero-order valence-electron chi connectivity index (χ0n) is 12.0. The molecule has 0 spiro atoms. The Morgan fingerprint density at radius 3 is 2.68 bits per heavy atom. The molecule has 0 aliphatic rings. The van der Waals surface area contributed by atoms with E-state index in [1.807, 2.05) is 30.3 Å². The monoisotopic (exact) mass is 300 g/mol. The molecule has 0 atom stereocenters. The van der Waals surface area contributed by atoms with Crippen molar-refractivity contribution in [3.63, 3.8) is 0 Å². The summed E-state index contributed by atoms with van der Waals surface area (Å²) in [4.78, 5) is 19.6. The van der Waals surface area contributed by atoms with Crippen LogP contribution >= 0.6 is 0 Å². The summed E-state index contributed by atoms with van der Waals surface area (Å²) in [6.07, 6.45) is 0. The first-order chi connectivity index (χ1) is 10.7. The van der Waals surface area contributed by atoms with Gasteiger partial charge in [0.2, 0.25) is 5.96 Å². The van der Waals surface area contributed by atoms with E-state index in [-0.39, 0.29) is 5.69 Å². The van der Waals surface area contributed by atoms with Gasteiger partial charge < -0.3 is 5.32 Å².